The van der Waals surface area contributed by atoms with Crippen molar-refractivity contribution in [3.8, 4) is 11.4 Å². The topological polar surface area (TPSA) is 87.2 Å². The molecule has 0 aliphatic carbocycles. The normalized spacial score (nSPS) is 22.2. The fourth-order valence-electron chi connectivity index (χ4n) is 5.12. The number of aromatic nitrogens is 2. The molecule has 1 aromatic heterocycles. The Balaban J connectivity index is 1.38. The van der Waals surface area contributed by atoms with Crippen molar-refractivity contribution in [3.05, 3.63) is 67.0 Å². The van der Waals surface area contributed by atoms with Gasteiger partial charge in [0.2, 0.25) is 5.91 Å². The Kier molecular flexibility index (Phi) is 5.64. The van der Waals surface area contributed by atoms with Crippen molar-refractivity contribution >= 4 is 28.3 Å². The Bertz CT molecular complexity index is 1230. The van der Waals surface area contributed by atoms with Gasteiger partial charge in [0.05, 0.1) is 0 Å². The van der Waals surface area contributed by atoms with Gasteiger partial charge in [-0.2, -0.15) is 0 Å². The molecule has 2 bridgehead atoms. The molecule has 3 aromatic rings. The molecule has 2 aromatic carbocycles. The summed E-state index contributed by atoms with van der Waals surface area (Å²) in [7, 11) is 2.19. The third-order valence-corrected chi connectivity index (χ3v) is 6.91. The van der Waals surface area contributed by atoms with Crippen molar-refractivity contribution < 1.29 is 9.59 Å². The van der Waals surface area contributed by atoms with E-state index in [1.54, 1.807) is 12.3 Å². The third kappa shape index (κ3) is 4.24. The number of nitrogens with zero attached hydrogens (tertiary/aromatic N) is 3. The van der Waals surface area contributed by atoms with Gasteiger partial charge in [0.15, 0.2) is 5.82 Å². The Morgan fingerprint density at radius 2 is 1.91 bits per heavy atom. The first kappa shape index (κ1) is 21.3. The zero-order valence-corrected chi connectivity index (χ0v) is 18.6. The number of rotatable bonds is 5. The molecule has 7 nitrogen and oxygen atoms in total. The van der Waals surface area contributed by atoms with Gasteiger partial charge in [0, 0.05) is 41.0 Å². The fourth-order valence-corrected chi connectivity index (χ4v) is 5.12. The lowest BCUT2D eigenvalue weighted by atomic mass is 9.98. The van der Waals surface area contributed by atoms with Gasteiger partial charge in [0.1, 0.15) is 5.69 Å². The zero-order chi connectivity index (χ0) is 22.9. The molecule has 2 unspecified atom stereocenters. The average Bonchev–Trinajstić information content (AvgIpc) is 3.04. The van der Waals surface area contributed by atoms with Gasteiger partial charge in [-0.1, -0.05) is 30.8 Å². The van der Waals surface area contributed by atoms with Crippen LogP contribution >= 0.6 is 0 Å². The summed E-state index contributed by atoms with van der Waals surface area (Å²) >= 11 is 0. The van der Waals surface area contributed by atoms with Crippen molar-refractivity contribution in [2.75, 3.05) is 12.4 Å². The molecule has 33 heavy (non-hydrogen) atoms. The van der Waals surface area contributed by atoms with E-state index in [-0.39, 0.29) is 17.9 Å². The van der Waals surface area contributed by atoms with Gasteiger partial charge in [-0.3, -0.25) is 9.59 Å². The maximum absolute atomic E-state index is 13.0. The molecule has 0 saturated carbocycles. The predicted molar refractivity (Wildman–Crippen MR) is 129 cm³/mol. The number of hydrogen-bond acceptors (Lipinski definition) is 5. The van der Waals surface area contributed by atoms with Gasteiger partial charge >= 0.3 is 0 Å². The van der Waals surface area contributed by atoms with Crippen LogP contribution in [0.4, 0.5) is 5.69 Å². The summed E-state index contributed by atoms with van der Waals surface area (Å²) in [5, 5.41) is 7.87. The number of fused-ring (bicyclic) bond motifs is 3. The predicted octanol–water partition coefficient (Wildman–Crippen LogP) is 3.78. The standard InChI is InChI=1S/C26H27N5O2/c1-3-24(32)29-22-6-4-5-16-7-8-17(13-21(16)22)25-27-12-11-23(30-25)26(33)28-18-14-19-9-10-20(15-18)31(19)2/h3-8,11-13,18-20H,1,9-10,14-15H2,2H3,(H,28,33)(H,29,32). The number of hydrogen-bond donors (Lipinski definition) is 2. The second-order valence-corrected chi connectivity index (χ2v) is 8.89. The van der Waals surface area contributed by atoms with E-state index >= 15 is 0 Å². The summed E-state index contributed by atoms with van der Waals surface area (Å²) in [6.07, 6.45) is 7.25. The van der Waals surface area contributed by atoms with Crippen molar-refractivity contribution in [1.82, 2.24) is 20.2 Å². The molecule has 5 rings (SSSR count). The minimum absolute atomic E-state index is 0.160. The van der Waals surface area contributed by atoms with E-state index in [0.29, 0.717) is 29.3 Å². The Labute approximate surface area is 192 Å². The molecule has 2 saturated heterocycles. The summed E-state index contributed by atoms with van der Waals surface area (Å²) in [6.45, 7) is 3.51. The van der Waals surface area contributed by atoms with Crippen LogP contribution in [-0.2, 0) is 4.79 Å². The number of piperidine rings is 1. The molecular weight excluding hydrogens is 414 g/mol. The third-order valence-electron chi connectivity index (χ3n) is 6.91. The van der Waals surface area contributed by atoms with Crippen LogP contribution < -0.4 is 10.6 Å². The molecule has 0 radical (unpaired) electrons. The van der Waals surface area contributed by atoms with Crippen molar-refractivity contribution in [1.29, 1.82) is 0 Å². The molecule has 2 aliphatic rings. The van der Waals surface area contributed by atoms with Crippen LogP contribution in [0.5, 0.6) is 0 Å². The van der Waals surface area contributed by atoms with Gasteiger partial charge in [0.25, 0.3) is 5.91 Å². The summed E-state index contributed by atoms with van der Waals surface area (Å²) in [6, 6.07) is 14.5. The molecule has 2 amide bonds. The van der Waals surface area contributed by atoms with E-state index < -0.39 is 0 Å². The highest BCUT2D eigenvalue weighted by atomic mass is 16.2. The van der Waals surface area contributed by atoms with Crippen LogP contribution in [0.3, 0.4) is 0 Å². The van der Waals surface area contributed by atoms with Crippen molar-refractivity contribution in [2.45, 2.75) is 43.8 Å². The second-order valence-electron chi connectivity index (χ2n) is 8.89. The maximum atomic E-state index is 13.0. The molecule has 168 valence electrons. The minimum Gasteiger partial charge on any atom is -0.348 e. The Morgan fingerprint density at radius 1 is 1.12 bits per heavy atom. The molecule has 3 heterocycles. The van der Waals surface area contributed by atoms with E-state index in [1.165, 1.54) is 18.9 Å². The number of carbonyl (C=O) groups is 2. The Hall–Kier alpha value is -3.58. The van der Waals surface area contributed by atoms with Crippen LogP contribution in [0, 0.1) is 0 Å². The van der Waals surface area contributed by atoms with Crippen molar-refractivity contribution in [3.63, 3.8) is 0 Å². The van der Waals surface area contributed by atoms with E-state index in [9.17, 15) is 9.59 Å². The second kappa shape index (κ2) is 8.75. The van der Waals surface area contributed by atoms with Crippen LogP contribution in [-0.4, -0.2) is 51.9 Å². The molecule has 7 heteroatoms. The molecular formula is C26H27N5O2. The highest BCUT2D eigenvalue weighted by Gasteiger charge is 2.38. The lowest BCUT2D eigenvalue weighted by molar-refractivity contribution is -0.111. The summed E-state index contributed by atoms with van der Waals surface area (Å²) in [5.41, 5.74) is 1.82. The number of carbonyl (C=O) groups excluding carboxylic acids is 2. The zero-order valence-electron chi connectivity index (χ0n) is 18.6. The monoisotopic (exact) mass is 441 g/mol. The maximum Gasteiger partial charge on any atom is 0.270 e. The number of amides is 2. The van der Waals surface area contributed by atoms with Gasteiger partial charge in [-0.25, -0.2) is 9.97 Å². The first-order valence-corrected chi connectivity index (χ1v) is 11.3. The fraction of sp³-hybridized carbons (Fsp3) is 0.308. The quantitative estimate of drug-likeness (QED) is 0.589. The first-order chi connectivity index (χ1) is 16.0. The lowest BCUT2D eigenvalue weighted by Crippen LogP contribution is -2.48. The molecule has 2 atom stereocenters. The summed E-state index contributed by atoms with van der Waals surface area (Å²) in [4.78, 5) is 36.2. The van der Waals surface area contributed by atoms with E-state index in [4.69, 9.17) is 0 Å². The van der Waals surface area contributed by atoms with Crippen molar-refractivity contribution in [2.24, 2.45) is 0 Å². The van der Waals surface area contributed by atoms with Crippen LogP contribution in [0.1, 0.15) is 36.2 Å². The van der Waals surface area contributed by atoms with Crippen LogP contribution in [0.15, 0.2) is 61.3 Å². The van der Waals surface area contributed by atoms with Gasteiger partial charge in [-0.05, 0) is 62.4 Å². The van der Waals surface area contributed by atoms with E-state index in [0.717, 1.165) is 29.2 Å². The molecule has 0 spiro atoms. The van der Waals surface area contributed by atoms with E-state index in [2.05, 4.69) is 39.1 Å². The van der Waals surface area contributed by atoms with Crippen LogP contribution in [0.25, 0.3) is 22.2 Å². The average molecular weight is 442 g/mol. The highest BCUT2D eigenvalue weighted by molar-refractivity contribution is 6.06. The van der Waals surface area contributed by atoms with Gasteiger partial charge < -0.3 is 15.5 Å². The van der Waals surface area contributed by atoms with Gasteiger partial charge in [-0.15, -0.1) is 0 Å². The largest absolute Gasteiger partial charge is 0.348 e. The molecule has 2 fully saturated rings. The number of nitrogens with one attached hydrogen (secondary N) is 2. The van der Waals surface area contributed by atoms with E-state index in [1.807, 2.05) is 36.4 Å². The minimum atomic E-state index is -0.273. The summed E-state index contributed by atoms with van der Waals surface area (Å²) in [5.74, 6) is 0.0374. The number of benzene rings is 2. The number of anilines is 1. The molecule has 2 aliphatic heterocycles. The van der Waals surface area contributed by atoms with Crippen LogP contribution in [0.2, 0.25) is 0 Å². The highest BCUT2D eigenvalue weighted by Crippen LogP contribution is 2.34. The first-order valence-electron chi connectivity index (χ1n) is 11.3. The SMILES string of the molecule is C=CC(=O)Nc1cccc2ccc(-c3nccc(C(=O)NC4CC5CCC(C4)N5C)n3)cc12. The lowest BCUT2D eigenvalue weighted by Gasteiger charge is -2.36. The summed E-state index contributed by atoms with van der Waals surface area (Å²) < 4.78 is 0. The Morgan fingerprint density at radius 3 is 2.67 bits per heavy atom. The molecule has 2 N–H and O–H groups in total. The smallest absolute Gasteiger partial charge is 0.270 e.